The van der Waals surface area contributed by atoms with Crippen LogP contribution in [0.4, 0.5) is 0 Å². The zero-order valence-corrected chi connectivity index (χ0v) is 27.0. The molecule has 0 amide bonds. The lowest BCUT2D eigenvalue weighted by Crippen LogP contribution is -2.36. The number of nitrogens with one attached hydrogen (secondary N) is 5. The van der Waals surface area contributed by atoms with Crippen molar-refractivity contribution in [3.63, 3.8) is 0 Å². The summed E-state index contributed by atoms with van der Waals surface area (Å²) in [6.45, 7) is 9.49. The van der Waals surface area contributed by atoms with Gasteiger partial charge in [-0.15, -0.1) is 0 Å². The molecule has 0 saturated carbocycles. The fraction of sp³-hybridized carbons (Fsp3) is 0.238. The van der Waals surface area contributed by atoms with Gasteiger partial charge in [0.15, 0.2) is 0 Å². The van der Waals surface area contributed by atoms with Crippen molar-refractivity contribution in [3.8, 4) is 0 Å². The number of benzene rings is 8. The Kier molecular flexibility index (Phi) is 8.80. The summed E-state index contributed by atoms with van der Waals surface area (Å²) in [4.78, 5) is 0. The molecule has 0 aliphatic heterocycles. The molecule has 5 nitrogen and oxygen atoms in total. The molecule has 8 aromatic carbocycles. The number of hydrogen-bond donors (Lipinski definition) is 5. The normalized spacial score (nSPS) is 12.3. The van der Waals surface area contributed by atoms with Crippen molar-refractivity contribution >= 4 is 64.6 Å². The molecular weight excluding hydrogens is 574 g/mol. The predicted octanol–water partition coefficient (Wildman–Crippen LogP) is 7.13. The number of rotatable bonds is 16. The summed E-state index contributed by atoms with van der Waals surface area (Å²) in [5.41, 5.74) is 2.74. The summed E-state index contributed by atoms with van der Waals surface area (Å²) in [5, 5.41) is 34.2. The largest absolute Gasteiger partial charge is 0.314 e. The van der Waals surface area contributed by atoms with E-state index in [9.17, 15) is 0 Å². The van der Waals surface area contributed by atoms with Gasteiger partial charge in [-0.2, -0.15) is 0 Å². The van der Waals surface area contributed by atoms with Gasteiger partial charge in [0, 0.05) is 65.4 Å². The molecule has 0 unspecified atom stereocenters. The van der Waals surface area contributed by atoms with Crippen LogP contribution in [0.3, 0.4) is 0 Å². The standard InChI is InChI=1S/C42H43N5/c1-3-29-7-9-33-11-13-35(37-17-15-31(5-1)39(29)41(33)37)27-46-25-23-44-21-19-43-20-22-45-24-26-47-28-36-14-12-34-10-8-30-4-2-6-32-16-18-38(36)42(34)40(30)32/h1-18,43-47H,19-28H2. The van der Waals surface area contributed by atoms with Crippen LogP contribution in [0.1, 0.15) is 11.1 Å². The monoisotopic (exact) mass is 617 g/mol. The Balaban J connectivity index is 0.696. The van der Waals surface area contributed by atoms with E-state index in [1.165, 1.54) is 75.8 Å². The van der Waals surface area contributed by atoms with Gasteiger partial charge in [-0.3, -0.25) is 0 Å². The predicted molar refractivity (Wildman–Crippen MR) is 202 cm³/mol. The third-order valence-corrected chi connectivity index (χ3v) is 9.78. The van der Waals surface area contributed by atoms with Gasteiger partial charge in [0.2, 0.25) is 0 Å². The Bertz CT molecular complexity index is 2070. The van der Waals surface area contributed by atoms with E-state index in [1.807, 2.05) is 0 Å². The van der Waals surface area contributed by atoms with Crippen LogP contribution in [0.25, 0.3) is 64.6 Å². The molecule has 0 fully saturated rings. The molecule has 0 aromatic heterocycles. The van der Waals surface area contributed by atoms with E-state index in [0.717, 1.165) is 65.4 Å². The third kappa shape index (κ3) is 6.09. The van der Waals surface area contributed by atoms with Crippen LogP contribution < -0.4 is 26.6 Å². The molecule has 5 heteroatoms. The molecule has 236 valence electrons. The van der Waals surface area contributed by atoms with Gasteiger partial charge in [-0.1, -0.05) is 109 Å². The SMILES string of the molecule is c1cc2ccc3ccc(CNCCNCCNCCNCCNCc4ccc5ccc6cccc7ccc4c5c67)c4ccc(c1)c2c34. The molecular formula is C42H43N5. The quantitative estimate of drug-likeness (QED) is 0.0590. The van der Waals surface area contributed by atoms with Crippen LogP contribution in [0, 0.1) is 0 Å². The Morgan fingerprint density at radius 3 is 0.957 bits per heavy atom. The van der Waals surface area contributed by atoms with Crippen molar-refractivity contribution in [1.82, 2.24) is 26.6 Å². The van der Waals surface area contributed by atoms with Crippen molar-refractivity contribution in [2.75, 3.05) is 52.4 Å². The minimum atomic E-state index is 0.882. The van der Waals surface area contributed by atoms with E-state index in [2.05, 4.69) is 136 Å². The molecule has 0 radical (unpaired) electrons. The molecule has 5 N–H and O–H groups in total. The molecule has 8 rings (SSSR count). The molecule has 0 aliphatic rings. The molecule has 47 heavy (non-hydrogen) atoms. The zero-order valence-electron chi connectivity index (χ0n) is 27.0. The zero-order chi connectivity index (χ0) is 31.4. The van der Waals surface area contributed by atoms with E-state index >= 15 is 0 Å². The summed E-state index contributed by atoms with van der Waals surface area (Å²) >= 11 is 0. The van der Waals surface area contributed by atoms with Gasteiger partial charge in [0.25, 0.3) is 0 Å². The average Bonchev–Trinajstić information content (AvgIpc) is 3.12. The minimum Gasteiger partial charge on any atom is -0.314 e. The maximum Gasteiger partial charge on any atom is 0.0212 e. The lowest BCUT2D eigenvalue weighted by molar-refractivity contribution is 0.557. The first kappa shape index (κ1) is 30.0. The van der Waals surface area contributed by atoms with Crippen LogP contribution in [-0.4, -0.2) is 52.4 Å². The van der Waals surface area contributed by atoms with Gasteiger partial charge < -0.3 is 26.6 Å². The lowest BCUT2D eigenvalue weighted by atomic mass is 9.92. The maximum atomic E-state index is 3.64. The molecule has 0 spiro atoms. The highest BCUT2D eigenvalue weighted by Crippen LogP contribution is 2.37. The van der Waals surface area contributed by atoms with Crippen LogP contribution in [-0.2, 0) is 13.1 Å². The summed E-state index contributed by atoms with van der Waals surface area (Å²) < 4.78 is 0. The minimum absolute atomic E-state index is 0.882. The highest BCUT2D eigenvalue weighted by molar-refractivity contribution is 6.24. The second kappa shape index (κ2) is 13.8. The van der Waals surface area contributed by atoms with Crippen LogP contribution in [0.15, 0.2) is 109 Å². The second-order valence-corrected chi connectivity index (χ2v) is 12.8. The molecule has 0 saturated heterocycles. The third-order valence-electron chi connectivity index (χ3n) is 9.78. The Morgan fingerprint density at radius 1 is 0.277 bits per heavy atom. The molecule has 0 heterocycles. The van der Waals surface area contributed by atoms with Crippen LogP contribution in [0.2, 0.25) is 0 Å². The van der Waals surface area contributed by atoms with E-state index in [4.69, 9.17) is 0 Å². The van der Waals surface area contributed by atoms with Crippen molar-refractivity contribution in [3.05, 3.63) is 120 Å². The number of hydrogen-bond acceptors (Lipinski definition) is 5. The summed E-state index contributed by atoms with van der Waals surface area (Å²) in [5.74, 6) is 0. The second-order valence-electron chi connectivity index (χ2n) is 12.8. The summed E-state index contributed by atoms with van der Waals surface area (Å²) in [6.07, 6.45) is 0. The maximum absolute atomic E-state index is 3.64. The lowest BCUT2D eigenvalue weighted by Gasteiger charge is -2.14. The highest BCUT2D eigenvalue weighted by atomic mass is 15.0. The van der Waals surface area contributed by atoms with Gasteiger partial charge in [0.1, 0.15) is 0 Å². The summed E-state index contributed by atoms with van der Waals surface area (Å²) in [6, 6.07) is 40.4. The van der Waals surface area contributed by atoms with Gasteiger partial charge >= 0.3 is 0 Å². The fourth-order valence-corrected chi connectivity index (χ4v) is 7.43. The first-order chi connectivity index (χ1) is 23.3. The smallest absolute Gasteiger partial charge is 0.0212 e. The molecule has 0 bridgehead atoms. The van der Waals surface area contributed by atoms with E-state index in [-0.39, 0.29) is 0 Å². The Labute approximate surface area is 276 Å². The van der Waals surface area contributed by atoms with Gasteiger partial charge in [-0.25, -0.2) is 0 Å². The molecule has 0 aliphatic carbocycles. The van der Waals surface area contributed by atoms with Crippen molar-refractivity contribution < 1.29 is 0 Å². The van der Waals surface area contributed by atoms with Crippen LogP contribution >= 0.6 is 0 Å². The topological polar surface area (TPSA) is 60.1 Å². The average molecular weight is 618 g/mol. The first-order valence-electron chi connectivity index (χ1n) is 17.2. The van der Waals surface area contributed by atoms with Crippen molar-refractivity contribution in [2.45, 2.75) is 13.1 Å². The Morgan fingerprint density at radius 2 is 0.574 bits per heavy atom. The molecule has 0 atom stereocenters. The summed E-state index contributed by atoms with van der Waals surface area (Å²) in [7, 11) is 0. The van der Waals surface area contributed by atoms with Crippen molar-refractivity contribution in [2.24, 2.45) is 0 Å². The Hall–Kier alpha value is -4.36. The first-order valence-corrected chi connectivity index (χ1v) is 17.2. The van der Waals surface area contributed by atoms with E-state index in [0.29, 0.717) is 0 Å². The van der Waals surface area contributed by atoms with Crippen molar-refractivity contribution in [1.29, 1.82) is 0 Å². The van der Waals surface area contributed by atoms with Gasteiger partial charge in [-0.05, 0) is 75.8 Å². The van der Waals surface area contributed by atoms with E-state index < -0.39 is 0 Å². The van der Waals surface area contributed by atoms with E-state index in [1.54, 1.807) is 0 Å². The fourth-order valence-electron chi connectivity index (χ4n) is 7.43. The van der Waals surface area contributed by atoms with Crippen LogP contribution in [0.5, 0.6) is 0 Å². The molecule has 8 aromatic rings. The highest BCUT2D eigenvalue weighted by Gasteiger charge is 2.12. The van der Waals surface area contributed by atoms with Gasteiger partial charge in [0.05, 0.1) is 0 Å².